The van der Waals surface area contributed by atoms with Gasteiger partial charge in [0.2, 0.25) is 0 Å². The number of piperidine rings is 1. The Morgan fingerprint density at radius 1 is 1.43 bits per heavy atom. The fourth-order valence-corrected chi connectivity index (χ4v) is 3.21. The minimum atomic E-state index is -0.251. The van der Waals surface area contributed by atoms with Crippen LogP contribution in [0.5, 0.6) is 0 Å². The first kappa shape index (κ1) is 24.5. The lowest BCUT2D eigenvalue weighted by molar-refractivity contribution is 0.111. The fourth-order valence-electron chi connectivity index (χ4n) is 3.21. The summed E-state index contributed by atoms with van der Waals surface area (Å²) in [6.07, 6.45) is 5.42. The zero-order valence-corrected chi connectivity index (χ0v) is 19.8. The zero-order chi connectivity index (χ0) is 19.8. The molecule has 1 fully saturated rings. The molecule has 1 saturated heterocycles. The predicted octanol–water partition coefficient (Wildman–Crippen LogP) is 1.43. The van der Waals surface area contributed by atoms with Crippen molar-refractivity contribution in [3.05, 3.63) is 18.0 Å². The summed E-state index contributed by atoms with van der Waals surface area (Å²) in [5.74, 6) is 0.810. The van der Waals surface area contributed by atoms with E-state index in [-0.39, 0.29) is 36.1 Å². The van der Waals surface area contributed by atoms with Crippen LogP contribution in [0.3, 0.4) is 0 Å². The minimum absolute atomic E-state index is 0. The van der Waals surface area contributed by atoms with Gasteiger partial charge in [-0.2, -0.15) is 5.10 Å². The van der Waals surface area contributed by atoms with Crippen LogP contribution >= 0.6 is 24.0 Å². The Labute approximate surface area is 184 Å². The average molecular weight is 507 g/mol. The second kappa shape index (κ2) is 12.1. The number of carbonyl (C=O) groups is 1. The number of rotatable bonds is 6. The van der Waals surface area contributed by atoms with Crippen molar-refractivity contribution in [1.82, 2.24) is 30.2 Å². The van der Waals surface area contributed by atoms with E-state index in [4.69, 9.17) is 9.73 Å². The topological polar surface area (TPSA) is 87.0 Å². The molecule has 0 bridgehead atoms. The van der Waals surface area contributed by atoms with Crippen molar-refractivity contribution < 1.29 is 9.53 Å². The third-order valence-corrected chi connectivity index (χ3v) is 4.77. The summed E-state index contributed by atoms with van der Waals surface area (Å²) in [7, 11) is 7.45. The van der Waals surface area contributed by atoms with Gasteiger partial charge in [-0.15, -0.1) is 24.0 Å². The molecule has 160 valence electrons. The molecule has 1 amide bonds. The maximum atomic E-state index is 11.6. The van der Waals surface area contributed by atoms with Crippen molar-refractivity contribution >= 4 is 36.0 Å². The Morgan fingerprint density at radius 2 is 2.11 bits per heavy atom. The number of nitrogens with zero attached hydrogens (tertiary/aromatic N) is 5. The number of ether oxygens (including phenoxy) is 1. The highest BCUT2D eigenvalue weighted by atomic mass is 127. The van der Waals surface area contributed by atoms with Gasteiger partial charge >= 0.3 is 6.09 Å². The smallest absolute Gasteiger partial charge is 0.409 e. The highest BCUT2D eigenvalue weighted by Crippen LogP contribution is 2.17. The lowest BCUT2D eigenvalue weighted by Gasteiger charge is -2.32. The SMILES string of the molecule is CCNC(=NCC(c1cnn(C)c1)N(C)C)NC1CCN(C(=O)OC)CC1.I. The Morgan fingerprint density at radius 3 is 2.61 bits per heavy atom. The summed E-state index contributed by atoms with van der Waals surface area (Å²) in [4.78, 5) is 20.3. The molecule has 1 aromatic rings. The van der Waals surface area contributed by atoms with Gasteiger partial charge in [-0.05, 0) is 33.9 Å². The van der Waals surface area contributed by atoms with E-state index in [0.29, 0.717) is 25.7 Å². The number of hydrogen-bond acceptors (Lipinski definition) is 5. The lowest BCUT2D eigenvalue weighted by Crippen LogP contribution is -2.50. The van der Waals surface area contributed by atoms with Crippen LogP contribution in [0, 0.1) is 0 Å². The molecule has 1 aliphatic rings. The second-order valence-corrected chi connectivity index (χ2v) is 7.02. The van der Waals surface area contributed by atoms with E-state index in [2.05, 4.69) is 41.7 Å². The summed E-state index contributed by atoms with van der Waals surface area (Å²) in [6, 6.07) is 0.454. The van der Waals surface area contributed by atoms with Crippen LogP contribution < -0.4 is 10.6 Å². The quantitative estimate of drug-likeness (QED) is 0.344. The molecule has 2 rings (SSSR count). The summed E-state index contributed by atoms with van der Waals surface area (Å²) >= 11 is 0. The largest absolute Gasteiger partial charge is 0.453 e. The molecule has 0 aliphatic carbocycles. The van der Waals surface area contributed by atoms with Crippen molar-refractivity contribution in [3.63, 3.8) is 0 Å². The standard InChI is InChI=1S/C18H33N7O2.HI/c1-6-19-17(22-15-7-9-25(10-8-15)18(26)27-5)20-12-16(23(2)3)14-11-21-24(4)13-14;/h11,13,15-16H,6-10,12H2,1-5H3,(H2,19,20,22);1H. The molecule has 1 atom stereocenters. The highest BCUT2D eigenvalue weighted by molar-refractivity contribution is 14.0. The van der Waals surface area contributed by atoms with Gasteiger partial charge in [0, 0.05) is 44.5 Å². The maximum absolute atomic E-state index is 11.6. The van der Waals surface area contributed by atoms with Gasteiger partial charge < -0.3 is 25.2 Å². The molecule has 0 aromatic carbocycles. The molecule has 28 heavy (non-hydrogen) atoms. The average Bonchev–Trinajstić information content (AvgIpc) is 3.07. The third-order valence-electron chi connectivity index (χ3n) is 4.77. The van der Waals surface area contributed by atoms with Crippen molar-refractivity contribution in [2.45, 2.75) is 31.8 Å². The summed E-state index contributed by atoms with van der Waals surface area (Å²) < 4.78 is 6.61. The van der Waals surface area contributed by atoms with Crippen LogP contribution in [0.1, 0.15) is 31.4 Å². The van der Waals surface area contributed by atoms with Crippen LogP contribution in [0.4, 0.5) is 4.79 Å². The van der Waals surface area contributed by atoms with Crippen molar-refractivity contribution in [3.8, 4) is 0 Å². The zero-order valence-electron chi connectivity index (χ0n) is 17.5. The number of likely N-dealkylation sites (tertiary alicyclic amines) is 1. The summed E-state index contributed by atoms with van der Waals surface area (Å²) in [5, 5.41) is 11.1. The van der Waals surface area contributed by atoms with E-state index < -0.39 is 0 Å². The summed E-state index contributed by atoms with van der Waals surface area (Å²) in [5.41, 5.74) is 1.15. The molecule has 2 heterocycles. The molecule has 0 radical (unpaired) electrons. The van der Waals surface area contributed by atoms with E-state index >= 15 is 0 Å². The van der Waals surface area contributed by atoms with E-state index in [1.807, 2.05) is 24.1 Å². The van der Waals surface area contributed by atoms with E-state index in [1.54, 1.807) is 4.90 Å². The number of amides is 1. The molecule has 10 heteroatoms. The number of likely N-dealkylation sites (N-methyl/N-ethyl adjacent to an activating group) is 1. The molecule has 2 N–H and O–H groups in total. The normalized spacial score (nSPS) is 16.5. The molecular weight excluding hydrogens is 473 g/mol. The first-order valence-corrected chi connectivity index (χ1v) is 9.47. The number of guanidine groups is 1. The number of nitrogens with one attached hydrogen (secondary N) is 2. The number of halogens is 1. The van der Waals surface area contributed by atoms with Crippen LogP contribution in [0.25, 0.3) is 0 Å². The van der Waals surface area contributed by atoms with Crippen molar-refractivity contribution in [1.29, 1.82) is 0 Å². The predicted molar refractivity (Wildman–Crippen MR) is 121 cm³/mol. The van der Waals surface area contributed by atoms with E-state index in [9.17, 15) is 4.79 Å². The van der Waals surface area contributed by atoms with Crippen molar-refractivity contribution in [2.75, 3.05) is 47.4 Å². The second-order valence-electron chi connectivity index (χ2n) is 7.02. The minimum Gasteiger partial charge on any atom is -0.453 e. The van der Waals surface area contributed by atoms with E-state index in [0.717, 1.165) is 30.9 Å². The number of carbonyl (C=O) groups excluding carboxylic acids is 1. The molecule has 1 aliphatic heterocycles. The highest BCUT2D eigenvalue weighted by Gasteiger charge is 2.24. The summed E-state index contributed by atoms with van der Waals surface area (Å²) in [6.45, 7) is 4.88. The molecule has 0 spiro atoms. The van der Waals surface area contributed by atoms with Crippen LogP contribution in [-0.4, -0.2) is 85.1 Å². The Kier molecular flexibility index (Phi) is 10.6. The van der Waals surface area contributed by atoms with Gasteiger partial charge in [-0.1, -0.05) is 0 Å². The van der Waals surface area contributed by atoms with Crippen molar-refractivity contribution in [2.24, 2.45) is 12.0 Å². The Hall–Kier alpha value is -1.56. The first-order valence-electron chi connectivity index (χ1n) is 9.47. The number of aryl methyl sites for hydroxylation is 1. The van der Waals surface area contributed by atoms with Gasteiger partial charge in [0.25, 0.3) is 0 Å². The Bertz CT molecular complexity index is 627. The third kappa shape index (κ3) is 7.12. The van der Waals surface area contributed by atoms with Gasteiger partial charge in [0.15, 0.2) is 5.96 Å². The molecule has 1 aromatic heterocycles. The van der Waals surface area contributed by atoms with Crippen LogP contribution in [0.2, 0.25) is 0 Å². The maximum Gasteiger partial charge on any atom is 0.409 e. The monoisotopic (exact) mass is 507 g/mol. The fraction of sp³-hybridized carbons (Fsp3) is 0.722. The number of aromatic nitrogens is 2. The van der Waals surface area contributed by atoms with Gasteiger partial charge in [-0.25, -0.2) is 4.79 Å². The lowest BCUT2D eigenvalue weighted by atomic mass is 10.1. The van der Waals surface area contributed by atoms with Gasteiger partial charge in [0.1, 0.15) is 0 Å². The molecule has 0 saturated carbocycles. The molecular formula is C18H34IN7O2. The van der Waals surface area contributed by atoms with Crippen LogP contribution in [0.15, 0.2) is 17.4 Å². The number of methoxy groups -OCH3 is 1. The van der Waals surface area contributed by atoms with Crippen LogP contribution in [-0.2, 0) is 11.8 Å². The molecule has 1 unspecified atom stereocenters. The Balaban J connectivity index is 0.00000392. The van der Waals surface area contributed by atoms with E-state index in [1.165, 1.54) is 7.11 Å². The number of aliphatic imine (C=N–C) groups is 1. The van der Waals surface area contributed by atoms with Gasteiger partial charge in [-0.3, -0.25) is 9.67 Å². The molecule has 9 nitrogen and oxygen atoms in total. The first-order chi connectivity index (χ1) is 12.9. The number of hydrogen-bond donors (Lipinski definition) is 2. The van der Waals surface area contributed by atoms with Gasteiger partial charge in [0.05, 0.1) is 25.9 Å².